The fourth-order valence-electron chi connectivity index (χ4n) is 2.17. The Morgan fingerprint density at radius 3 is 2.47 bits per heavy atom. The molecule has 1 aromatic carbocycles. The second kappa shape index (κ2) is 7.48. The molecule has 1 aliphatic heterocycles. The monoisotopic (exact) mass is 263 g/mol. The van der Waals surface area contributed by atoms with Crippen molar-refractivity contribution >= 4 is 5.69 Å². The first-order valence-corrected chi connectivity index (χ1v) is 7.02. The molecule has 1 heterocycles. The van der Waals surface area contributed by atoms with E-state index in [2.05, 4.69) is 53.5 Å². The van der Waals surface area contributed by atoms with Crippen LogP contribution in [0, 0.1) is 0 Å². The molecule has 106 valence electrons. The zero-order chi connectivity index (χ0) is 13.5. The molecule has 1 saturated heterocycles. The molecule has 0 unspecified atom stereocenters. The van der Waals surface area contributed by atoms with Crippen molar-refractivity contribution in [3.63, 3.8) is 0 Å². The molecule has 0 saturated carbocycles. The lowest BCUT2D eigenvalue weighted by atomic mass is 10.2. The second-order valence-electron chi connectivity index (χ2n) is 5.32. The van der Waals surface area contributed by atoms with Crippen LogP contribution in [0.1, 0.15) is 5.56 Å². The van der Waals surface area contributed by atoms with Crippen molar-refractivity contribution in [1.29, 1.82) is 0 Å². The van der Waals surface area contributed by atoms with Gasteiger partial charge < -0.3 is 15.0 Å². The van der Waals surface area contributed by atoms with E-state index in [1.165, 1.54) is 11.3 Å². The highest BCUT2D eigenvalue weighted by molar-refractivity contribution is 5.44. The Balaban J connectivity index is 1.77. The van der Waals surface area contributed by atoms with Crippen LogP contribution >= 0.6 is 0 Å². The molecule has 1 N–H and O–H groups in total. The van der Waals surface area contributed by atoms with E-state index in [1.54, 1.807) is 0 Å². The number of nitrogens with zero attached hydrogens (tertiary/aromatic N) is 2. The number of morpholine rings is 1. The lowest BCUT2D eigenvalue weighted by Crippen LogP contribution is -2.35. The molecule has 1 fully saturated rings. The van der Waals surface area contributed by atoms with Gasteiger partial charge in [-0.3, -0.25) is 4.90 Å². The highest BCUT2D eigenvalue weighted by Gasteiger charge is 2.10. The fourth-order valence-corrected chi connectivity index (χ4v) is 2.17. The molecule has 0 aliphatic carbocycles. The summed E-state index contributed by atoms with van der Waals surface area (Å²) < 4.78 is 5.36. The Kier molecular flexibility index (Phi) is 5.63. The van der Waals surface area contributed by atoms with Gasteiger partial charge in [0.05, 0.1) is 13.2 Å². The van der Waals surface area contributed by atoms with Crippen molar-refractivity contribution in [2.45, 2.75) is 6.54 Å². The van der Waals surface area contributed by atoms with Crippen molar-refractivity contribution in [1.82, 2.24) is 9.80 Å². The molecule has 4 nitrogen and oxygen atoms in total. The summed E-state index contributed by atoms with van der Waals surface area (Å²) in [6.07, 6.45) is 0. The molecule has 19 heavy (non-hydrogen) atoms. The number of nitrogens with one attached hydrogen (secondary N) is 1. The van der Waals surface area contributed by atoms with Crippen LogP contribution in [0.15, 0.2) is 24.3 Å². The van der Waals surface area contributed by atoms with E-state index in [0.29, 0.717) is 0 Å². The van der Waals surface area contributed by atoms with Gasteiger partial charge in [-0.05, 0) is 31.8 Å². The number of hydrogen-bond donors (Lipinski definition) is 1. The molecule has 2 rings (SSSR count). The number of benzene rings is 1. The summed E-state index contributed by atoms with van der Waals surface area (Å²) in [5.74, 6) is 0. The Labute approximate surface area is 116 Å². The summed E-state index contributed by atoms with van der Waals surface area (Å²) in [5, 5.41) is 3.43. The van der Waals surface area contributed by atoms with Gasteiger partial charge in [-0.25, -0.2) is 0 Å². The molecule has 1 aromatic rings. The zero-order valence-electron chi connectivity index (χ0n) is 12.1. The van der Waals surface area contributed by atoms with Gasteiger partial charge in [-0.2, -0.15) is 0 Å². The van der Waals surface area contributed by atoms with Gasteiger partial charge in [0.1, 0.15) is 0 Å². The third-order valence-corrected chi connectivity index (χ3v) is 3.35. The van der Waals surface area contributed by atoms with E-state index < -0.39 is 0 Å². The van der Waals surface area contributed by atoms with E-state index in [9.17, 15) is 0 Å². The van der Waals surface area contributed by atoms with Crippen LogP contribution in [-0.2, 0) is 11.3 Å². The standard InChI is InChI=1S/C15H25N3O/c1-17(2)8-7-16-15-5-3-14(4-6-15)13-18-9-11-19-12-10-18/h3-6,16H,7-13H2,1-2H3. The minimum atomic E-state index is 0.865. The molecular weight excluding hydrogens is 238 g/mol. The lowest BCUT2D eigenvalue weighted by Gasteiger charge is -2.26. The zero-order valence-corrected chi connectivity index (χ0v) is 12.1. The number of likely N-dealkylation sites (N-methyl/N-ethyl adjacent to an activating group) is 1. The van der Waals surface area contributed by atoms with E-state index in [0.717, 1.165) is 45.9 Å². The summed E-state index contributed by atoms with van der Waals surface area (Å²) in [6.45, 7) is 6.88. The number of ether oxygens (including phenoxy) is 1. The molecule has 1 aliphatic rings. The van der Waals surface area contributed by atoms with Gasteiger partial charge in [0.15, 0.2) is 0 Å². The predicted octanol–water partition coefficient (Wildman–Crippen LogP) is 1.49. The predicted molar refractivity (Wildman–Crippen MR) is 79.6 cm³/mol. The molecule has 0 spiro atoms. The van der Waals surface area contributed by atoms with Crippen LogP contribution in [0.4, 0.5) is 5.69 Å². The smallest absolute Gasteiger partial charge is 0.0594 e. The largest absolute Gasteiger partial charge is 0.384 e. The summed E-state index contributed by atoms with van der Waals surface area (Å²) in [6, 6.07) is 8.78. The van der Waals surface area contributed by atoms with Gasteiger partial charge in [0, 0.05) is 38.4 Å². The number of hydrogen-bond acceptors (Lipinski definition) is 4. The SMILES string of the molecule is CN(C)CCNc1ccc(CN2CCOCC2)cc1. The summed E-state index contributed by atoms with van der Waals surface area (Å²) in [5.41, 5.74) is 2.58. The third-order valence-electron chi connectivity index (χ3n) is 3.35. The number of rotatable bonds is 6. The second-order valence-corrected chi connectivity index (χ2v) is 5.32. The minimum Gasteiger partial charge on any atom is -0.384 e. The van der Waals surface area contributed by atoms with Crippen LogP contribution in [0.2, 0.25) is 0 Å². The maximum Gasteiger partial charge on any atom is 0.0594 e. The van der Waals surface area contributed by atoms with Crippen LogP contribution in [0.3, 0.4) is 0 Å². The lowest BCUT2D eigenvalue weighted by molar-refractivity contribution is 0.0342. The normalized spacial score (nSPS) is 16.8. The van der Waals surface area contributed by atoms with E-state index in [4.69, 9.17) is 4.74 Å². The average Bonchev–Trinajstić information content (AvgIpc) is 2.42. The Morgan fingerprint density at radius 1 is 1.16 bits per heavy atom. The van der Waals surface area contributed by atoms with E-state index in [-0.39, 0.29) is 0 Å². The Hall–Kier alpha value is -1.10. The van der Waals surface area contributed by atoms with Crippen LogP contribution < -0.4 is 5.32 Å². The van der Waals surface area contributed by atoms with Crippen LogP contribution in [-0.4, -0.2) is 63.3 Å². The first kappa shape index (κ1) is 14.3. The molecule has 0 amide bonds. The van der Waals surface area contributed by atoms with Gasteiger partial charge in [-0.1, -0.05) is 12.1 Å². The summed E-state index contributed by atoms with van der Waals surface area (Å²) in [7, 11) is 4.18. The van der Waals surface area contributed by atoms with E-state index >= 15 is 0 Å². The summed E-state index contributed by atoms with van der Waals surface area (Å²) in [4.78, 5) is 4.62. The first-order valence-electron chi connectivity index (χ1n) is 7.02. The van der Waals surface area contributed by atoms with Gasteiger partial charge >= 0.3 is 0 Å². The maximum atomic E-state index is 5.36. The minimum absolute atomic E-state index is 0.865. The molecule has 0 radical (unpaired) electrons. The van der Waals surface area contributed by atoms with Crippen molar-refractivity contribution < 1.29 is 4.74 Å². The van der Waals surface area contributed by atoms with Crippen molar-refractivity contribution in [3.05, 3.63) is 29.8 Å². The quantitative estimate of drug-likeness (QED) is 0.841. The molecule has 0 aromatic heterocycles. The van der Waals surface area contributed by atoms with Crippen LogP contribution in [0.5, 0.6) is 0 Å². The third kappa shape index (κ3) is 5.19. The average molecular weight is 263 g/mol. The molecule has 0 bridgehead atoms. The molecule has 4 heteroatoms. The van der Waals surface area contributed by atoms with Gasteiger partial charge in [0.25, 0.3) is 0 Å². The van der Waals surface area contributed by atoms with Crippen molar-refractivity contribution in [2.75, 3.05) is 58.8 Å². The highest BCUT2D eigenvalue weighted by atomic mass is 16.5. The van der Waals surface area contributed by atoms with Gasteiger partial charge in [0.2, 0.25) is 0 Å². The first-order chi connectivity index (χ1) is 9.24. The summed E-state index contributed by atoms with van der Waals surface area (Å²) >= 11 is 0. The number of anilines is 1. The molecular formula is C15H25N3O. The Morgan fingerprint density at radius 2 is 1.84 bits per heavy atom. The van der Waals surface area contributed by atoms with Gasteiger partial charge in [-0.15, -0.1) is 0 Å². The maximum absolute atomic E-state index is 5.36. The highest BCUT2D eigenvalue weighted by Crippen LogP contribution is 2.12. The van der Waals surface area contributed by atoms with E-state index in [1.807, 2.05) is 0 Å². The fraction of sp³-hybridized carbons (Fsp3) is 0.600. The molecule has 0 atom stereocenters. The van der Waals surface area contributed by atoms with Crippen molar-refractivity contribution in [3.8, 4) is 0 Å². The topological polar surface area (TPSA) is 27.7 Å². The Bertz CT molecular complexity index is 358. The van der Waals surface area contributed by atoms with Crippen LogP contribution in [0.25, 0.3) is 0 Å². The van der Waals surface area contributed by atoms with Crippen molar-refractivity contribution in [2.24, 2.45) is 0 Å².